The Bertz CT molecular complexity index is 534. The molecule has 1 aliphatic heterocycles. The first-order chi connectivity index (χ1) is 11.5. The van der Waals surface area contributed by atoms with Crippen LogP contribution in [0.5, 0.6) is 0 Å². The van der Waals surface area contributed by atoms with Gasteiger partial charge in [-0.1, -0.05) is 44.9 Å². The van der Waals surface area contributed by atoms with Crippen LogP contribution in [-0.4, -0.2) is 44.3 Å². The van der Waals surface area contributed by atoms with E-state index in [4.69, 9.17) is 4.74 Å². The van der Waals surface area contributed by atoms with Gasteiger partial charge in [-0.2, -0.15) is 0 Å². The van der Waals surface area contributed by atoms with Crippen molar-refractivity contribution in [2.75, 3.05) is 39.4 Å². The molecular weight excluding hydrogens is 303 g/mol. The molecule has 4 heteroatoms. The number of rotatable bonds is 6. The van der Waals surface area contributed by atoms with Gasteiger partial charge in [-0.15, -0.1) is 0 Å². The van der Waals surface area contributed by atoms with Gasteiger partial charge in [-0.25, -0.2) is 4.39 Å². The van der Waals surface area contributed by atoms with Crippen LogP contribution in [0, 0.1) is 11.2 Å². The average Bonchev–Trinajstić information content (AvgIpc) is 3.04. The van der Waals surface area contributed by atoms with Crippen molar-refractivity contribution in [2.45, 2.75) is 45.1 Å². The van der Waals surface area contributed by atoms with Crippen LogP contribution in [0.25, 0.3) is 0 Å². The highest BCUT2D eigenvalue weighted by atomic mass is 19.1. The zero-order valence-corrected chi connectivity index (χ0v) is 15.1. The van der Waals surface area contributed by atoms with Gasteiger partial charge in [0.15, 0.2) is 0 Å². The van der Waals surface area contributed by atoms with Gasteiger partial charge in [0.1, 0.15) is 5.82 Å². The number of ether oxygens (including phenoxy) is 1. The van der Waals surface area contributed by atoms with E-state index in [0.29, 0.717) is 0 Å². The highest BCUT2D eigenvalue weighted by Crippen LogP contribution is 2.40. The molecule has 134 valence electrons. The molecule has 0 bridgehead atoms. The van der Waals surface area contributed by atoms with E-state index in [1.165, 1.54) is 12.8 Å². The topological polar surface area (TPSA) is 24.5 Å². The molecule has 0 aromatic heterocycles. The third-order valence-corrected chi connectivity index (χ3v) is 5.51. The zero-order chi connectivity index (χ0) is 17.0. The predicted octanol–water partition coefficient (Wildman–Crippen LogP) is 3.54. The van der Waals surface area contributed by atoms with Crippen molar-refractivity contribution in [2.24, 2.45) is 5.41 Å². The van der Waals surface area contributed by atoms with Crippen molar-refractivity contribution in [1.82, 2.24) is 10.2 Å². The van der Waals surface area contributed by atoms with E-state index in [1.807, 2.05) is 12.1 Å². The molecule has 0 spiro atoms. The number of nitrogens with one attached hydrogen (secondary N) is 1. The standard InChI is InChI=1S/C20H31FN2O/c1-19(2,16-23-11-13-24-14-12-23)15-22-20(9-5-6-10-20)17-7-3-4-8-18(17)21/h3-4,7-8,22H,5-6,9-16H2,1-2H3. The molecule has 1 saturated heterocycles. The predicted molar refractivity (Wildman–Crippen MR) is 95.6 cm³/mol. The van der Waals surface area contributed by atoms with Crippen LogP contribution in [0.2, 0.25) is 0 Å². The van der Waals surface area contributed by atoms with Crippen molar-refractivity contribution in [3.05, 3.63) is 35.6 Å². The first-order valence-corrected chi connectivity index (χ1v) is 9.31. The fourth-order valence-corrected chi connectivity index (χ4v) is 4.20. The number of morpholine rings is 1. The lowest BCUT2D eigenvalue weighted by Crippen LogP contribution is -2.49. The highest BCUT2D eigenvalue weighted by molar-refractivity contribution is 5.27. The lowest BCUT2D eigenvalue weighted by Gasteiger charge is -2.39. The lowest BCUT2D eigenvalue weighted by molar-refractivity contribution is 0.0200. The van der Waals surface area contributed by atoms with E-state index in [0.717, 1.165) is 57.8 Å². The minimum atomic E-state index is -0.187. The summed E-state index contributed by atoms with van der Waals surface area (Å²) < 4.78 is 19.9. The molecule has 3 nitrogen and oxygen atoms in total. The summed E-state index contributed by atoms with van der Waals surface area (Å²) in [4.78, 5) is 2.48. The van der Waals surface area contributed by atoms with Gasteiger partial charge in [0.2, 0.25) is 0 Å². The van der Waals surface area contributed by atoms with Gasteiger partial charge < -0.3 is 10.1 Å². The largest absolute Gasteiger partial charge is 0.379 e. The molecule has 0 amide bonds. The molecule has 1 saturated carbocycles. The molecule has 3 rings (SSSR count). The number of benzene rings is 1. The van der Waals surface area contributed by atoms with E-state index in [-0.39, 0.29) is 16.8 Å². The van der Waals surface area contributed by atoms with Crippen LogP contribution in [0.15, 0.2) is 24.3 Å². The summed E-state index contributed by atoms with van der Waals surface area (Å²) >= 11 is 0. The highest BCUT2D eigenvalue weighted by Gasteiger charge is 2.38. The Morgan fingerprint density at radius 2 is 1.83 bits per heavy atom. The zero-order valence-electron chi connectivity index (χ0n) is 15.1. The van der Waals surface area contributed by atoms with E-state index in [9.17, 15) is 4.39 Å². The maximum absolute atomic E-state index is 14.4. The summed E-state index contributed by atoms with van der Waals surface area (Å²) in [5.41, 5.74) is 0.816. The van der Waals surface area contributed by atoms with Crippen molar-refractivity contribution in [3.63, 3.8) is 0 Å². The fourth-order valence-electron chi connectivity index (χ4n) is 4.20. The second kappa shape index (κ2) is 7.51. The number of hydrogen-bond acceptors (Lipinski definition) is 3. The van der Waals surface area contributed by atoms with Crippen molar-refractivity contribution in [3.8, 4) is 0 Å². The summed E-state index contributed by atoms with van der Waals surface area (Å²) in [6.45, 7) is 10.3. The Balaban J connectivity index is 1.66. The second-order valence-corrected chi connectivity index (χ2v) is 8.18. The van der Waals surface area contributed by atoms with Crippen LogP contribution < -0.4 is 5.32 Å². The van der Waals surface area contributed by atoms with Crippen LogP contribution >= 0.6 is 0 Å². The molecule has 1 N–H and O–H groups in total. The normalized spacial score (nSPS) is 22.0. The number of halogens is 1. The van der Waals surface area contributed by atoms with Crippen LogP contribution in [0.3, 0.4) is 0 Å². The summed E-state index contributed by atoms with van der Waals surface area (Å²) in [5.74, 6) is -0.0714. The molecule has 2 aliphatic rings. The molecule has 1 aromatic rings. The monoisotopic (exact) mass is 334 g/mol. The Morgan fingerprint density at radius 1 is 1.17 bits per heavy atom. The Morgan fingerprint density at radius 3 is 2.50 bits per heavy atom. The maximum Gasteiger partial charge on any atom is 0.128 e. The van der Waals surface area contributed by atoms with Gasteiger partial charge >= 0.3 is 0 Å². The summed E-state index contributed by atoms with van der Waals surface area (Å²) in [6, 6.07) is 7.29. The molecule has 0 radical (unpaired) electrons. The quantitative estimate of drug-likeness (QED) is 0.861. The summed E-state index contributed by atoms with van der Waals surface area (Å²) in [6.07, 6.45) is 4.40. The number of nitrogens with zero attached hydrogens (tertiary/aromatic N) is 1. The minimum absolute atomic E-state index is 0.0714. The van der Waals surface area contributed by atoms with Crippen LogP contribution in [0.1, 0.15) is 45.1 Å². The Kier molecular flexibility index (Phi) is 5.58. The average molecular weight is 334 g/mol. The summed E-state index contributed by atoms with van der Waals surface area (Å²) in [5, 5.41) is 3.78. The first-order valence-electron chi connectivity index (χ1n) is 9.31. The van der Waals surface area contributed by atoms with Crippen molar-refractivity contribution in [1.29, 1.82) is 0 Å². The third kappa shape index (κ3) is 4.16. The molecule has 2 fully saturated rings. The Hall–Kier alpha value is -0.970. The second-order valence-electron chi connectivity index (χ2n) is 8.18. The molecule has 1 aromatic carbocycles. The SMILES string of the molecule is CC(C)(CNC1(c2ccccc2F)CCCC1)CN1CCOCC1. The van der Waals surface area contributed by atoms with E-state index in [1.54, 1.807) is 12.1 Å². The molecule has 0 atom stereocenters. The Labute approximate surface area is 145 Å². The third-order valence-electron chi connectivity index (χ3n) is 5.51. The van der Waals surface area contributed by atoms with Gasteiger partial charge in [0, 0.05) is 37.3 Å². The molecular formula is C20H31FN2O. The molecule has 0 unspecified atom stereocenters. The maximum atomic E-state index is 14.4. The van der Waals surface area contributed by atoms with Gasteiger partial charge in [0.25, 0.3) is 0 Å². The first kappa shape index (κ1) is 17.8. The summed E-state index contributed by atoms with van der Waals surface area (Å²) in [7, 11) is 0. The van der Waals surface area contributed by atoms with Crippen molar-refractivity contribution < 1.29 is 9.13 Å². The molecule has 1 heterocycles. The van der Waals surface area contributed by atoms with Gasteiger partial charge in [0.05, 0.1) is 13.2 Å². The van der Waals surface area contributed by atoms with Gasteiger partial charge in [-0.05, 0) is 24.3 Å². The van der Waals surface area contributed by atoms with Gasteiger partial charge in [-0.3, -0.25) is 4.90 Å². The van der Waals surface area contributed by atoms with E-state index in [2.05, 4.69) is 24.1 Å². The van der Waals surface area contributed by atoms with E-state index >= 15 is 0 Å². The smallest absolute Gasteiger partial charge is 0.128 e. The lowest BCUT2D eigenvalue weighted by atomic mass is 9.85. The van der Waals surface area contributed by atoms with Crippen LogP contribution in [-0.2, 0) is 10.3 Å². The van der Waals surface area contributed by atoms with Crippen LogP contribution in [0.4, 0.5) is 4.39 Å². The molecule has 1 aliphatic carbocycles. The number of hydrogen-bond donors (Lipinski definition) is 1. The van der Waals surface area contributed by atoms with E-state index < -0.39 is 0 Å². The fraction of sp³-hybridized carbons (Fsp3) is 0.700. The van der Waals surface area contributed by atoms with Crippen molar-refractivity contribution >= 4 is 0 Å². The molecule has 24 heavy (non-hydrogen) atoms. The minimum Gasteiger partial charge on any atom is -0.379 e.